The molecular formula is C9H18N2O2. The normalized spacial score (nSPS) is 28.5. The second-order valence-electron chi connectivity index (χ2n) is 3.59. The van der Waals surface area contributed by atoms with Crippen molar-refractivity contribution >= 4 is 5.91 Å². The third-order valence-electron chi connectivity index (χ3n) is 2.56. The summed E-state index contributed by atoms with van der Waals surface area (Å²) in [4.78, 5) is 16.5. The van der Waals surface area contributed by atoms with Gasteiger partial charge >= 0.3 is 0 Å². The molecule has 76 valence electrons. The minimum absolute atomic E-state index is 0.0934. The van der Waals surface area contributed by atoms with Crippen LogP contribution in [0.25, 0.3) is 0 Å². The van der Waals surface area contributed by atoms with E-state index in [0.29, 0.717) is 6.04 Å². The smallest absolute Gasteiger partial charge is 0.249 e. The fraction of sp³-hybridized carbons (Fsp3) is 0.889. The van der Waals surface area contributed by atoms with E-state index in [0.717, 1.165) is 19.4 Å². The molecule has 1 rings (SSSR count). The van der Waals surface area contributed by atoms with Gasteiger partial charge in [-0.1, -0.05) is 0 Å². The average Bonchev–Trinajstić information content (AvgIpc) is 2.15. The molecule has 2 unspecified atom stereocenters. The Balaban J connectivity index is 2.46. The maximum absolute atomic E-state index is 11.6. The molecule has 0 saturated carbocycles. The fourth-order valence-electron chi connectivity index (χ4n) is 1.70. The molecule has 1 fully saturated rings. The molecule has 0 spiro atoms. The van der Waals surface area contributed by atoms with Crippen LogP contribution in [-0.2, 0) is 9.63 Å². The maximum atomic E-state index is 11.6. The lowest BCUT2D eigenvalue weighted by molar-refractivity contribution is -0.174. The third-order valence-corrected chi connectivity index (χ3v) is 2.56. The van der Waals surface area contributed by atoms with Crippen LogP contribution < -0.4 is 5.32 Å². The van der Waals surface area contributed by atoms with Gasteiger partial charge in [0.25, 0.3) is 0 Å². The number of hydroxylamine groups is 2. The van der Waals surface area contributed by atoms with Gasteiger partial charge in [0.15, 0.2) is 0 Å². The quantitative estimate of drug-likeness (QED) is 0.634. The van der Waals surface area contributed by atoms with E-state index in [1.165, 1.54) is 12.2 Å². The Morgan fingerprint density at radius 2 is 2.31 bits per heavy atom. The highest BCUT2D eigenvalue weighted by molar-refractivity contribution is 5.77. The Labute approximate surface area is 79.2 Å². The first kappa shape index (κ1) is 10.5. The summed E-state index contributed by atoms with van der Waals surface area (Å²) in [6.45, 7) is 3.03. The van der Waals surface area contributed by atoms with Crippen LogP contribution in [0.2, 0.25) is 0 Å². The lowest BCUT2D eigenvalue weighted by Crippen LogP contribution is -2.42. The van der Waals surface area contributed by atoms with Crippen LogP contribution in [-0.4, -0.2) is 37.7 Å². The molecule has 0 aliphatic carbocycles. The van der Waals surface area contributed by atoms with Gasteiger partial charge in [0, 0.05) is 19.0 Å². The summed E-state index contributed by atoms with van der Waals surface area (Å²) >= 11 is 0. The number of amides is 1. The minimum Gasteiger partial charge on any atom is -0.314 e. The van der Waals surface area contributed by atoms with Crippen LogP contribution in [0.5, 0.6) is 0 Å². The first-order valence-electron chi connectivity index (χ1n) is 4.70. The van der Waals surface area contributed by atoms with Crippen molar-refractivity contribution in [3.8, 4) is 0 Å². The molecule has 4 nitrogen and oxygen atoms in total. The van der Waals surface area contributed by atoms with E-state index >= 15 is 0 Å². The molecule has 1 N–H and O–H groups in total. The zero-order valence-corrected chi connectivity index (χ0v) is 8.54. The van der Waals surface area contributed by atoms with Gasteiger partial charge < -0.3 is 5.32 Å². The molecular weight excluding hydrogens is 168 g/mol. The van der Waals surface area contributed by atoms with E-state index in [9.17, 15) is 4.79 Å². The molecule has 4 heteroatoms. The van der Waals surface area contributed by atoms with Gasteiger partial charge in [-0.2, -0.15) is 0 Å². The van der Waals surface area contributed by atoms with Crippen molar-refractivity contribution < 1.29 is 9.63 Å². The van der Waals surface area contributed by atoms with Gasteiger partial charge in [-0.25, -0.2) is 5.06 Å². The lowest BCUT2D eigenvalue weighted by Gasteiger charge is -2.29. The third kappa shape index (κ3) is 2.67. The largest absolute Gasteiger partial charge is 0.314 e. The van der Waals surface area contributed by atoms with E-state index in [1.807, 2.05) is 0 Å². The van der Waals surface area contributed by atoms with Crippen molar-refractivity contribution in [2.75, 3.05) is 20.7 Å². The summed E-state index contributed by atoms with van der Waals surface area (Å²) in [5.74, 6) is 0.219. The first-order valence-corrected chi connectivity index (χ1v) is 4.70. The average molecular weight is 186 g/mol. The lowest BCUT2D eigenvalue weighted by atomic mass is 9.92. The number of piperidine rings is 1. The summed E-state index contributed by atoms with van der Waals surface area (Å²) in [6.07, 6.45) is 1.82. The molecule has 13 heavy (non-hydrogen) atoms. The fourth-order valence-corrected chi connectivity index (χ4v) is 1.70. The number of carbonyl (C=O) groups excluding carboxylic acids is 1. The zero-order valence-electron chi connectivity index (χ0n) is 8.54. The molecule has 1 aliphatic rings. The summed E-state index contributed by atoms with van der Waals surface area (Å²) in [7, 11) is 3.18. The summed E-state index contributed by atoms with van der Waals surface area (Å²) in [5.41, 5.74) is 0. The Kier molecular flexibility index (Phi) is 3.69. The van der Waals surface area contributed by atoms with E-state index in [-0.39, 0.29) is 11.8 Å². The standard InChI is InChI=1S/C9H18N2O2/c1-7-6-8(4-5-10-7)9(12)11(2)13-3/h7-8,10H,4-6H2,1-3H3. The van der Waals surface area contributed by atoms with Crippen molar-refractivity contribution in [3.63, 3.8) is 0 Å². The van der Waals surface area contributed by atoms with Crippen LogP contribution in [0.1, 0.15) is 19.8 Å². The molecule has 0 aromatic rings. The van der Waals surface area contributed by atoms with Crippen LogP contribution >= 0.6 is 0 Å². The van der Waals surface area contributed by atoms with E-state index in [1.54, 1.807) is 7.05 Å². The van der Waals surface area contributed by atoms with Crippen molar-refractivity contribution in [1.29, 1.82) is 0 Å². The van der Waals surface area contributed by atoms with Crippen LogP contribution in [0.3, 0.4) is 0 Å². The summed E-state index contributed by atoms with van der Waals surface area (Å²) in [6, 6.07) is 0.438. The Hall–Kier alpha value is -0.610. The molecule has 1 aliphatic heterocycles. The van der Waals surface area contributed by atoms with Gasteiger partial charge in [-0.05, 0) is 26.3 Å². The Bertz CT molecular complexity index is 184. The zero-order chi connectivity index (χ0) is 9.84. The predicted molar refractivity (Wildman–Crippen MR) is 50.0 cm³/mol. The van der Waals surface area contributed by atoms with Crippen molar-refractivity contribution in [3.05, 3.63) is 0 Å². The van der Waals surface area contributed by atoms with Crippen LogP contribution in [0, 0.1) is 5.92 Å². The van der Waals surface area contributed by atoms with Crippen molar-refractivity contribution in [1.82, 2.24) is 10.4 Å². The second-order valence-corrected chi connectivity index (χ2v) is 3.59. The first-order chi connectivity index (χ1) is 6.15. The molecule has 1 amide bonds. The van der Waals surface area contributed by atoms with Crippen LogP contribution in [0.15, 0.2) is 0 Å². The topological polar surface area (TPSA) is 41.6 Å². The van der Waals surface area contributed by atoms with E-state index in [4.69, 9.17) is 4.84 Å². The minimum atomic E-state index is 0.0934. The van der Waals surface area contributed by atoms with Gasteiger partial charge in [-0.3, -0.25) is 9.63 Å². The predicted octanol–water partition coefficient (Wildman–Crippen LogP) is 0.394. The Morgan fingerprint density at radius 1 is 1.62 bits per heavy atom. The molecule has 1 saturated heterocycles. The van der Waals surface area contributed by atoms with Crippen LogP contribution in [0.4, 0.5) is 0 Å². The van der Waals surface area contributed by atoms with Gasteiger partial charge in [0.2, 0.25) is 5.91 Å². The van der Waals surface area contributed by atoms with Gasteiger partial charge in [0.1, 0.15) is 0 Å². The highest BCUT2D eigenvalue weighted by Crippen LogP contribution is 2.17. The van der Waals surface area contributed by atoms with E-state index < -0.39 is 0 Å². The highest BCUT2D eigenvalue weighted by Gasteiger charge is 2.26. The SMILES string of the molecule is CON(C)C(=O)C1CCNC(C)C1. The Morgan fingerprint density at radius 3 is 2.85 bits per heavy atom. The molecule has 0 aromatic carbocycles. The highest BCUT2D eigenvalue weighted by atomic mass is 16.7. The summed E-state index contributed by atoms with van der Waals surface area (Å²) < 4.78 is 0. The molecule has 1 heterocycles. The number of nitrogens with zero attached hydrogens (tertiary/aromatic N) is 1. The van der Waals surface area contributed by atoms with Crippen molar-refractivity contribution in [2.45, 2.75) is 25.8 Å². The van der Waals surface area contributed by atoms with Crippen molar-refractivity contribution in [2.24, 2.45) is 5.92 Å². The number of hydrogen-bond donors (Lipinski definition) is 1. The summed E-state index contributed by atoms with van der Waals surface area (Å²) in [5, 5.41) is 4.63. The maximum Gasteiger partial charge on any atom is 0.249 e. The molecule has 0 aromatic heterocycles. The molecule has 2 atom stereocenters. The number of carbonyl (C=O) groups is 1. The second kappa shape index (κ2) is 4.58. The number of nitrogens with one attached hydrogen (secondary N) is 1. The molecule has 0 radical (unpaired) electrons. The van der Waals surface area contributed by atoms with E-state index in [2.05, 4.69) is 12.2 Å². The van der Waals surface area contributed by atoms with Gasteiger partial charge in [-0.15, -0.1) is 0 Å². The van der Waals surface area contributed by atoms with Gasteiger partial charge in [0.05, 0.1) is 7.11 Å². The monoisotopic (exact) mass is 186 g/mol. The number of hydrogen-bond acceptors (Lipinski definition) is 3. The molecule has 0 bridgehead atoms. The number of rotatable bonds is 2.